The van der Waals surface area contributed by atoms with Crippen molar-refractivity contribution >= 4 is 12.1 Å². The second kappa shape index (κ2) is 8.28. The second-order valence-corrected chi connectivity index (χ2v) is 6.45. The van der Waals surface area contributed by atoms with Gasteiger partial charge in [-0.05, 0) is 50.0 Å². The average Bonchev–Trinajstić information content (AvgIpc) is 2.59. The topological polar surface area (TPSA) is 56.2 Å². The van der Waals surface area contributed by atoms with Gasteiger partial charge >= 0.3 is 12.4 Å². The summed E-state index contributed by atoms with van der Waals surface area (Å²) in [6.07, 6.45) is -7.24. The van der Waals surface area contributed by atoms with Crippen LogP contribution >= 0.6 is 0 Å². The highest BCUT2D eigenvalue weighted by atomic mass is 19.4. The van der Waals surface area contributed by atoms with E-state index in [1.54, 1.807) is 0 Å². The Morgan fingerprint density at radius 3 is 2.04 bits per heavy atom. The number of nitrogens with zero attached hydrogens (tertiary/aromatic N) is 1. The van der Waals surface area contributed by atoms with Crippen molar-refractivity contribution in [1.29, 1.82) is 5.41 Å². The Hall–Kier alpha value is -2.10. The Morgan fingerprint density at radius 1 is 1.07 bits per heavy atom. The lowest BCUT2D eigenvalue weighted by Crippen LogP contribution is -2.39. The molecular formula is C17H19F6N3O. The zero-order valence-corrected chi connectivity index (χ0v) is 14.3. The molecule has 1 fully saturated rings. The Labute approximate surface area is 152 Å². The number of halogens is 6. The summed E-state index contributed by atoms with van der Waals surface area (Å²) in [5.41, 5.74) is -3.69. The van der Waals surface area contributed by atoms with Gasteiger partial charge in [0.25, 0.3) is 5.91 Å². The Bertz CT molecular complexity index is 646. The zero-order valence-electron chi connectivity index (χ0n) is 14.3. The van der Waals surface area contributed by atoms with Crippen LogP contribution in [0.15, 0.2) is 18.2 Å². The minimum Gasteiger partial charge on any atom is -0.352 e. The second-order valence-electron chi connectivity index (χ2n) is 6.45. The van der Waals surface area contributed by atoms with Crippen LogP contribution in [0.3, 0.4) is 0 Å². The fourth-order valence-corrected chi connectivity index (χ4v) is 2.93. The Kier molecular flexibility index (Phi) is 6.50. The maximum atomic E-state index is 12.9. The van der Waals surface area contributed by atoms with Crippen molar-refractivity contribution < 1.29 is 31.1 Å². The molecule has 0 bridgehead atoms. The number of rotatable bonds is 5. The average molecular weight is 395 g/mol. The lowest BCUT2D eigenvalue weighted by atomic mass is 9.96. The fraction of sp³-hybridized carbons (Fsp3) is 0.529. The smallest absolute Gasteiger partial charge is 0.352 e. The first-order chi connectivity index (χ1) is 12.5. The predicted molar refractivity (Wildman–Crippen MR) is 86.7 cm³/mol. The summed E-state index contributed by atoms with van der Waals surface area (Å²) >= 11 is 0. The number of carbonyl (C=O) groups excluding carboxylic acids is 1. The molecule has 27 heavy (non-hydrogen) atoms. The number of alkyl halides is 6. The SMILES string of the molecule is N=CCN1CCC(CNC(=O)c2cc(C(F)(F)F)cc(C(F)(F)F)c2)CC1. The first-order valence-electron chi connectivity index (χ1n) is 8.29. The number of amides is 1. The predicted octanol–water partition coefficient (Wildman–Crippen LogP) is 3.82. The van der Waals surface area contributed by atoms with Crippen LogP contribution in [0, 0.1) is 11.3 Å². The van der Waals surface area contributed by atoms with Crippen molar-refractivity contribution in [1.82, 2.24) is 10.2 Å². The Balaban J connectivity index is 2.06. The molecule has 150 valence electrons. The maximum absolute atomic E-state index is 12.9. The quantitative estimate of drug-likeness (QED) is 0.588. The minimum atomic E-state index is -4.99. The van der Waals surface area contributed by atoms with Crippen LogP contribution in [0.1, 0.15) is 34.3 Å². The molecule has 1 aromatic carbocycles. The summed E-state index contributed by atoms with van der Waals surface area (Å²) in [6, 6.07) is 0.852. The number of likely N-dealkylation sites (tertiary alicyclic amines) is 1. The standard InChI is InChI=1S/C17H19F6N3O/c18-16(19,20)13-7-12(8-14(9-13)17(21,22)23)15(27)25-10-11-1-4-26(5-2-11)6-3-24/h3,7-9,11,24H,1-2,4-6,10H2,(H,25,27). The molecule has 0 saturated carbocycles. The normalized spacial score (nSPS) is 17.0. The highest BCUT2D eigenvalue weighted by Gasteiger charge is 2.37. The number of piperidine rings is 1. The fourth-order valence-electron chi connectivity index (χ4n) is 2.93. The third-order valence-corrected chi connectivity index (χ3v) is 4.46. The molecular weight excluding hydrogens is 376 g/mol. The van der Waals surface area contributed by atoms with Crippen LogP contribution in [-0.2, 0) is 12.4 Å². The van der Waals surface area contributed by atoms with Crippen molar-refractivity contribution in [3.05, 3.63) is 34.9 Å². The van der Waals surface area contributed by atoms with E-state index in [0.29, 0.717) is 18.7 Å². The molecule has 1 aliphatic heterocycles. The van der Waals surface area contributed by atoms with Crippen LogP contribution in [0.5, 0.6) is 0 Å². The molecule has 10 heteroatoms. The van der Waals surface area contributed by atoms with Crippen LogP contribution in [0.2, 0.25) is 0 Å². The molecule has 0 spiro atoms. The maximum Gasteiger partial charge on any atom is 0.416 e. The van der Waals surface area contributed by atoms with Gasteiger partial charge in [-0.2, -0.15) is 26.3 Å². The molecule has 2 N–H and O–H groups in total. The largest absolute Gasteiger partial charge is 0.416 e. The summed E-state index contributed by atoms with van der Waals surface area (Å²) in [7, 11) is 0. The third kappa shape index (κ3) is 5.95. The summed E-state index contributed by atoms with van der Waals surface area (Å²) < 4.78 is 77.1. The first-order valence-corrected chi connectivity index (χ1v) is 8.29. The molecule has 4 nitrogen and oxygen atoms in total. The van der Waals surface area contributed by atoms with Gasteiger partial charge in [-0.3, -0.25) is 9.69 Å². The van der Waals surface area contributed by atoms with Crippen molar-refractivity contribution in [2.24, 2.45) is 5.92 Å². The number of hydrogen-bond donors (Lipinski definition) is 2. The van der Waals surface area contributed by atoms with Gasteiger partial charge < -0.3 is 10.7 Å². The first kappa shape index (κ1) is 21.2. The van der Waals surface area contributed by atoms with E-state index in [9.17, 15) is 31.1 Å². The molecule has 0 atom stereocenters. The van der Waals surface area contributed by atoms with Crippen molar-refractivity contribution in [2.75, 3.05) is 26.2 Å². The van der Waals surface area contributed by atoms with Gasteiger partial charge in [0.2, 0.25) is 0 Å². The third-order valence-electron chi connectivity index (χ3n) is 4.46. The summed E-state index contributed by atoms with van der Waals surface area (Å²) in [5.74, 6) is -0.877. The molecule has 1 amide bonds. The molecule has 0 unspecified atom stereocenters. The Morgan fingerprint density at radius 2 is 1.59 bits per heavy atom. The number of carbonyl (C=O) groups is 1. The van der Waals surface area contributed by atoms with Gasteiger partial charge in [-0.15, -0.1) is 0 Å². The van der Waals surface area contributed by atoms with Gasteiger partial charge in [0, 0.05) is 24.9 Å². The zero-order chi connectivity index (χ0) is 20.2. The highest BCUT2D eigenvalue weighted by molar-refractivity contribution is 5.94. The molecule has 0 radical (unpaired) electrons. The molecule has 1 aromatic rings. The summed E-state index contributed by atoms with van der Waals surface area (Å²) in [4.78, 5) is 14.2. The lowest BCUT2D eigenvalue weighted by Gasteiger charge is -2.30. The van der Waals surface area contributed by atoms with Crippen LogP contribution in [0.4, 0.5) is 26.3 Å². The van der Waals surface area contributed by atoms with E-state index >= 15 is 0 Å². The molecule has 2 rings (SSSR count). The van der Waals surface area contributed by atoms with Gasteiger partial charge in [0.05, 0.1) is 11.1 Å². The van der Waals surface area contributed by atoms with E-state index in [-0.39, 0.29) is 18.5 Å². The van der Waals surface area contributed by atoms with Crippen LogP contribution in [-0.4, -0.2) is 43.2 Å². The van der Waals surface area contributed by atoms with Crippen LogP contribution < -0.4 is 5.32 Å². The van der Waals surface area contributed by atoms with Gasteiger partial charge in [0.15, 0.2) is 0 Å². The van der Waals surface area contributed by atoms with Crippen molar-refractivity contribution in [3.8, 4) is 0 Å². The summed E-state index contributed by atoms with van der Waals surface area (Å²) in [6.45, 7) is 2.15. The van der Waals surface area contributed by atoms with E-state index in [4.69, 9.17) is 5.41 Å². The molecule has 1 aliphatic rings. The van der Waals surface area contributed by atoms with E-state index in [1.165, 1.54) is 6.21 Å². The molecule has 0 aromatic heterocycles. The van der Waals surface area contributed by atoms with Gasteiger partial charge in [-0.1, -0.05) is 0 Å². The summed E-state index contributed by atoms with van der Waals surface area (Å²) in [5, 5.41) is 9.50. The number of nitrogens with one attached hydrogen (secondary N) is 2. The molecule has 1 heterocycles. The van der Waals surface area contributed by atoms with Gasteiger partial charge in [-0.25, -0.2) is 0 Å². The van der Waals surface area contributed by atoms with Gasteiger partial charge in [0.1, 0.15) is 0 Å². The van der Waals surface area contributed by atoms with Crippen molar-refractivity contribution in [3.63, 3.8) is 0 Å². The number of benzene rings is 1. The molecule has 0 aliphatic carbocycles. The van der Waals surface area contributed by atoms with Crippen molar-refractivity contribution in [2.45, 2.75) is 25.2 Å². The lowest BCUT2D eigenvalue weighted by molar-refractivity contribution is -0.143. The highest BCUT2D eigenvalue weighted by Crippen LogP contribution is 2.36. The molecule has 1 saturated heterocycles. The monoisotopic (exact) mass is 395 g/mol. The van der Waals surface area contributed by atoms with E-state index in [0.717, 1.165) is 25.9 Å². The van der Waals surface area contributed by atoms with E-state index in [1.807, 2.05) is 4.90 Å². The van der Waals surface area contributed by atoms with E-state index < -0.39 is 35.0 Å². The van der Waals surface area contributed by atoms with Crippen LogP contribution in [0.25, 0.3) is 0 Å². The van der Waals surface area contributed by atoms with E-state index in [2.05, 4.69) is 5.32 Å². The number of hydrogen-bond acceptors (Lipinski definition) is 3. The minimum absolute atomic E-state index is 0.00415.